The second-order valence-electron chi connectivity index (χ2n) is 4.27. The Kier molecular flexibility index (Phi) is 2.83. The number of halogens is 1. The zero-order valence-electron chi connectivity index (χ0n) is 9.42. The predicted octanol–water partition coefficient (Wildman–Crippen LogP) is 1.29. The average molecular weight is 236 g/mol. The molecule has 17 heavy (non-hydrogen) atoms. The van der Waals surface area contributed by atoms with Gasteiger partial charge >= 0.3 is 0 Å². The van der Waals surface area contributed by atoms with Gasteiger partial charge in [-0.2, -0.15) is 0 Å². The zero-order valence-corrected chi connectivity index (χ0v) is 9.42. The minimum atomic E-state index is -1.11. The summed E-state index contributed by atoms with van der Waals surface area (Å²) >= 11 is 0. The van der Waals surface area contributed by atoms with Crippen molar-refractivity contribution in [2.45, 2.75) is 13.3 Å². The first-order valence-corrected chi connectivity index (χ1v) is 5.38. The Morgan fingerprint density at radius 1 is 1.47 bits per heavy atom. The van der Waals surface area contributed by atoms with Gasteiger partial charge in [-0.15, -0.1) is 0 Å². The summed E-state index contributed by atoms with van der Waals surface area (Å²) in [5, 5.41) is 5.05. The summed E-state index contributed by atoms with van der Waals surface area (Å²) in [6.07, 6.45) is 0.423. The van der Waals surface area contributed by atoms with Crippen LogP contribution in [0.15, 0.2) is 24.3 Å². The van der Waals surface area contributed by atoms with Gasteiger partial charge < -0.3 is 10.6 Å². The fourth-order valence-corrected chi connectivity index (χ4v) is 1.77. The minimum Gasteiger partial charge on any atom is -0.355 e. The number of rotatable bonds is 2. The molecule has 5 heteroatoms. The van der Waals surface area contributed by atoms with Crippen molar-refractivity contribution in [3.05, 3.63) is 30.1 Å². The van der Waals surface area contributed by atoms with Crippen LogP contribution >= 0.6 is 0 Å². The predicted molar refractivity (Wildman–Crippen MR) is 60.8 cm³/mol. The molecule has 0 radical (unpaired) electrons. The van der Waals surface area contributed by atoms with Gasteiger partial charge in [0.1, 0.15) is 11.2 Å². The molecule has 0 saturated carbocycles. The first kappa shape index (κ1) is 11.6. The van der Waals surface area contributed by atoms with Crippen molar-refractivity contribution in [3.63, 3.8) is 0 Å². The summed E-state index contributed by atoms with van der Waals surface area (Å²) in [6.45, 7) is 2.03. The van der Waals surface area contributed by atoms with Gasteiger partial charge in [-0.25, -0.2) is 4.39 Å². The SMILES string of the molecule is CC1(C(=O)Nc2ccccc2F)CCNC1=O. The molecule has 1 atom stereocenters. The summed E-state index contributed by atoms with van der Waals surface area (Å²) in [6, 6.07) is 5.88. The molecule has 1 aliphatic heterocycles. The summed E-state index contributed by atoms with van der Waals surface area (Å²) in [7, 11) is 0. The Balaban J connectivity index is 2.18. The minimum absolute atomic E-state index is 0.0958. The quantitative estimate of drug-likeness (QED) is 0.760. The summed E-state index contributed by atoms with van der Waals surface area (Å²) in [4.78, 5) is 23.5. The highest BCUT2D eigenvalue weighted by atomic mass is 19.1. The number of hydrogen-bond donors (Lipinski definition) is 2. The Bertz CT molecular complexity index is 475. The molecular formula is C12H13FN2O2. The molecule has 1 saturated heterocycles. The molecule has 2 N–H and O–H groups in total. The number of anilines is 1. The van der Waals surface area contributed by atoms with Gasteiger partial charge in [-0.1, -0.05) is 12.1 Å². The van der Waals surface area contributed by atoms with Gasteiger partial charge in [-0.05, 0) is 25.5 Å². The van der Waals surface area contributed by atoms with E-state index in [9.17, 15) is 14.0 Å². The van der Waals surface area contributed by atoms with Crippen LogP contribution in [-0.4, -0.2) is 18.4 Å². The van der Waals surface area contributed by atoms with Crippen LogP contribution in [0.2, 0.25) is 0 Å². The number of nitrogens with one attached hydrogen (secondary N) is 2. The lowest BCUT2D eigenvalue weighted by Crippen LogP contribution is -2.40. The molecule has 1 aliphatic rings. The molecule has 0 bridgehead atoms. The van der Waals surface area contributed by atoms with E-state index in [2.05, 4.69) is 10.6 Å². The Morgan fingerprint density at radius 2 is 2.18 bits per heavy atom. The maximum atomic E-state index is 13.3. The lowest BCUT2D eigenvalue weighted by molar-refractivity contribution is -0.136. The second-order valence-corrected chi connectivity index (χ2v) is 4.27. The molecule has 0 aromatic heterocycles. The van der Waals surface area contributed by atoms with Crippen molar-refractivity contribution in [1.82, 2.24) is 5.32 Å². The highest BCUT2D eigenvalue weighted by Crippen LogP contribution is 2.28. The van der Waals surface area contributed by atoms with E-state index >= 15 is 0 Å². The molecule has 2 rings (SSSR count). The van der Waals surface area contributed by atoms with Crippen LogP contribution in [0, 0.1) is 11.2 Å². The smallest absolute Gasteiger partial charge is 0.239 e. The molecule has 1 fully saturated rings. The third-order valence-corrected chi connectivity index (χ3v) is 3.03. The first-order chi connectivity index (χ1) is 8.04. The van der Waals surface area contributed by atoms with Gasteiger partial charge in [0.25, 0.3) is 0 Å². The number of para-hydroxylation sites is 1. The van der Waals surface area contributed by atoms with Crippen LogP contribution in [0.4, 0.5) is 10.1 Å². The molecule has 0 spiro atoms. The third-order valence-electron chi connectivity index (χ3n) is 3.03. The second kappa shape index (κ2) is 4.16. The van der Waals surface area contributed by atoms with Gasteiger partial charge in [0.2, 0.25) is 11.8 Å². The van der Waals surface area contributed by atoms with Crippen LogP contribution in [0.5, 0.6) is 0 Å². The van der Waals surface area contributed by atoms with Gasteiger partial charge in [-0.3, -0.25) is 9.59 Å². The van der Waals surface area contributed by atoms with Crippen LogP contribution < -0.4 is 10.6 Å². The van der Waals surface area contributed by atoms with E-state index in [4.69, 9.17) is 0 Å². The number of amides is 2. The number of benzene rings is 1. The topological polar surface area (TPSA) is 58.2 Å². The lowest BCUT2D eigenvalue weighted by atomic mass is 9.88. The number of hydrogen-bond acceptors (Lipinski definition) is 2. The molecular weight excluding hydrogens is 223 g/mol. The molecule has 1 aromatic rings. The average Bonchev–Trinajstić information content (AvgIpc) is 2.64. The van der Waals surface area contributed by atoms with Crippen LogP contribution in [0.25, 0.3) is 0 Å². The first-order valence-electron chi connectivity index (χ1n) is 5.38. The lowest BCUT2D eigenvalue weighted by Gasteiger charge is -2.19. The fourth-order valence-electron chi connectivity index (χ4n) is 1.77. The zero-order chi connectivity index (χ0) is 12.5. The molecule has 2 amide bonds. The number of carbonyl (C=O) groups excluding carboxylic acids is 2. The number of carbonyl (C=O) groups is 2. The molecule has 0 aliphatic carbocycles. The maximum Gasteiger partial charge on any atom is 0.239 e. The largest absolute Gasteiger partial charge is 0.355 e. The highest BCUT2D eigenvalue weighted by Gasteiger charge is 2.44. The Hall–Kier alpha value is -1.91. The van der Waals surface area contributed by atoms with Gasteiger partial charge in [0, 0.05) is 6.54 Å². The van der Waals surface area contributed by atoms with Crippen molar-refractivity contribution in [1.29, 1.82) is 0 Å². The third kappa shape index (κ3) is 2.00. The van der Waals surface area contributed by atoms with Crippen molar-refractivity contribution in [2.24, 2.45) is 5.41 Å². The maximum absolute atomic E-state index is 13.3. The van der Waals surface area contributed by atoms with Crippen LogP contribution in [-0.2, 0) is 9.59 Å². The monoisotopic (exact) mass is 236 g/mol. The van der Waals surface area contributed by atoms with E-state index in [0.717, 1.165) is 0 Å². The van der Waals surface area contributed by atoms with E-state index in [1.54, 1.807) is 13.0 Å². The standard InChI is InChI=1S/C12H13FN2O2/c1-12(6-7-14-10(12)16)11(17)15-9-5-3-2-4-8(9)13/h2-5H,6-7H2,1H3,(H,14,16)(H,15,17). The fraction of sp³-hybridized carbons (Fsp3) is 0.333. The van der Waals surface area contributed by atoms with E-state index in [0.29, 0.717) is 13.0 Å². The summed E-state index contributed by atoms with van der Waals surface area (Å²) in [5.41, 5.74) is -1.01. The summed E-state index contributed by atoms with van der Waals surface area (Å²) in [5.74, 6) is -1.30. The van der Waals surface area contributed by atoms with Crippen LogP contribution in [0.1, 0.15) is 13.3 Å². The normalized spacial score (nSPS) is 23.3. The Morgan fingerprint density at radius 3 is 2.76 bits per heavy atom. The van der Waals surface area contributed by atoms with Crippen molar-refractivity contribution in [2.75, 3.05) is 11.9 Å². The summed E-state index contributed by atoms with van der Waals surface area (Å²) < 4.78 is 13.3. The molecule has 1 heterocycles. The van der Waals surface area contributed by atoms with Crippen molar-refractivity contribution in [3.8, 4) is 0 Å². The van der Waals surface area contributed by atoms with E-state index in [1.807, 2.05) is 0 Å². The van der Waals surface area contributed by atoms with Crippen LogP contribution in [0.3, 0.4) is 0 Å². The van der Waals surface area contributed by atoms with Gasteiger partial charge in [0.05, 0.1) is 5.69 Å². The van der Waals surface area contributed by atoms with E-state index in [1.165, 1.54) is 18.2 Å². The molecule has 4 nitrogen and oxygen atoms in total. The molecule has 90 valence electrons. The molecule has 1 unspecified atom stereocenters. The van der Waals surface area contributed by atoms with Crippen molar-refractivity contribution >= 4 is 17.5 Å². The molecule has 1 aromatic carbocycles. The Labute approximate surface area is 98.2 Å². The highest BCUT2D eigenvalue weighted by molar-refractivity contribution is 6.11. The van der Waals surface area contributed by atoms with E-state index in [-0.39, 0.29) is 11.6 Å². The van der Waals surface area contributed by atoms with Gasteiger partial charge in [0.15, 0.2) is 0 Å². The van der Waals surface area contributed by atoms with E-state index < -0.39 is 17.1 Å². The van der Waals surface area contributed by atoms with Crippen molar-refractivity contribution < 1.29 is 14.0 Å².